The zero-order valence-corrected chi connectivity index (χ0v) is 10.2. The average molecular weight is 232 g/mol. The van der Waals surface area contributed by atoms with Crippen LogP contribution in [0.2, 0.25) is 0 Å². The fourth-order valence-electron chi connectivity index (χ4n) is 2.68. The predicted octanol–water partition coefficient (Wildman–Crippen LogP) is 3.59. The number of rotatable bonds is 5. The minimum Gasteiger partial charge on any atom is -0.367 e. The van der Waals surface area contributed by atoms with Crippen molar-refractivity contribution in [2.24, 2.45) is 5.18 Å². The van der Waals surface area contributed by atoms with Crippen molar-refractivity contribution in [3.63, 3.8) is 0 Å². The minimum absolute atomic E-state index is 0.380. The van der Waals surface area contributed by atoms with Crippen molar-refractivity contribution in [1.29, 1.82) is 0 Å². The van der Waals surface area contributed by atoms with Gasteiger partial charge < -0.3 is 4.90 Å². The van der Waals surface area contributed by atoms with Crippen LogP contribution in [0.4, 0.5) is 5.69 Å². The number of para-hydroxylation sites is 1. The summed E-state index contributed by atoms with van der Waals surface area (Å²) in [6, 6.07) is 11.0. The van der Waals surface area contributed by atoms with Gasteiger partial charge in [-0.2, -0.15) is 4.91 Å². The third-order valence-corrected chi connectivity index (χ3v) is 3.54. The molecule has 0 bridgehead atoms. The summed E-state index contributed by atoms with van der Waals surface area (Å²) in [5.74, 6) is 0. The molecule has 0 heterocycles. The lowest BCUT2D eigenvalue weighted by Gasteiger charge is -2.35. The van der Waals surface area contributed by atoms with Gasteiger partial charge in [0.25, 0.3) is 0 Å². The summed E-state index contributed by atoms with van der Waals surface area (Å²) in [4.78, 5) is 12.7. The highest BCUT2D eigenvalue weighted by Crippen LogP contribution is 2.26. The first-order valence-electron chi connectivity index (χ1n) is 6.52. The third kappa shape index (κ3) is 3.29. The Kier molecular flexibility index (Phi) is 4.54. The van der Waals surface area contributed by atoms with E-state index in [2.05, 4.69) is 34.3 Å². The van der Waals surface area contributed by atoms with Crippen LogP contribution in [-0.2, 0) is 0 Å². The Bertz CT molecular complexity index is 333. The molecule has 0 spiro atoms. The van der Waals surface area contributed by atoms with E-state index in [0.717, 1.165) is 6.54 Å². The molecule has 0 unspecified atom stereocenters. The maximum absolute atomic E-state index is 10.3. The van der Waals surface area contributed by atoms with Gasteiger partial charge in [-0.1, -0.05) is 42.6 Å². The highest BCUT2D eigenvalue weighted by molar-refractivity contribution is 5.47. The molecule has 0 aromatic heterocycles. The van der Waals surface area contributed by atoms with E-state index in [-0.39, 0.29) is 0 Å². The van der Waals surface area contributed by atoms with Gasteiger partial charge in [0.05, 0.1) is 6.54 Å². The Labute approximate surface area is 103 Å². The van der Waals surface area contributed by atoms with Crippen LogP contribution in [-0.4, -0.2) is 19.1 Å². The van der Waals surface area contributed by atoms with E-state index < -0.39 is 0 Å². The molecule has 0 radical (unpaired) electrons. The lowest BCUT2D eigenvalue weighted by Crippen LogP contribution is -2.38. The van der Waals surface area contributed by atoms with E-state index in [4.69, 9.17) is 0 Å². The largest absolute Gasteiger partial charge is 0.367 e. The topological polar surface area (TPSA) is 32.7 Å². The number of nitroso groups, excluding NO2 is 1. The normalized spacial score (nSPS) is 16.7. The number of hydrogen-bond donors (Lipinski definition) is 0. The van der Waals surface area contributed by atoms with Crippen LogP contribution in [0.3, 0.4) is 0 Å². The molecule has 0 N–H and O–H groups in total. The molecule has 17 heavy (non-hydrogen) atoms. The van der Waals surface area contributed by atoms with E-state index in [9.17, 15) is 4.91 Å². The van der Waals surface area contributed by atoms with Crippen LogP contribution in [0.15, 0.2) is 35.5 Å². The Morgan fingerprint density at radius 1 is 1.12 bits per heavy atom. The van der Waals surface area contributed by atoms with Crippen molar-refractivity contribution >= 4 is 5.69 Å². The number of nitrogens with zero attached hydrogens (tertiary/aromatic N) is 2. The first-order valence-corrected chi connectivity index (χ1v) is 6.52. The highest BCUT2D eigenvalue weighted by Gasteiger charge is 2.20. The molecular weight excluding hydrogens is 212 g/mol. The minimum atomic E-state index is 0.380. The predicted molar refractivity (Wildman–Crippen MR) is 71.3 cm³/mol. The lowest BCUT2D eigenvalue weighted by molar-refractivity contribution is 0.416. The van der Waals surface area contributed by atoms with Gasteiger partial charge in [0, 0.05) is 18.3 Å². The standard InChI is InChI=1S/C14H20N2O/c17-15-11-12-16(13-7-3-1-4-8-13)14-9-5-2-6-10-14/h1,3-4,7-8,14H,2,5-6,9-12H2. The molecule has 1 fully saturated rings. The van der Waals surface area contributed by atoms with Gasteiger partial charge in [0.15, 0.2) is 0 Å². The zero-order chi connectivity index (χ0) is 11.9. The summed E-state index contributed by atoms with van der Waals surface area (Å²) in [6.07, 6.45) is 6.46. The van der Waals surface area contributed by atoms with Gasteiger partial charge in [0.2, 0.25) is 0 Å². The summed E-state index contributed by atoms with van der Waals surface area (Å²) in [5.41, 5.74) is 1.23. The molecule has 1 aromatic rings. The molecule has 92 valence electrons. The van der Waals surface area contributed by atoms with Gasteiger partial charge in [-0.25, -0.2) is 0 Å². The van der Waals surface area contributed by atoms with Crippen molar-refractivity contribution in [2.75, 3.05) is 18.0 Å². The summed E-state index contributed by atoms with van der Waals surface area (Å²) in [6.45, 7) is 1.13. The van der Waals surface area contributed by atoms with E-state index in [1.807, 2.05) is 6.07 Å². The van der Waals surface area contributed by atoms with Crippen molar-refractivity contribution in [2.45, 2.75) is 38.1 Å². The fourth-order valence-corrected chi connectivity index (χ4v) is 2.68. The van der Waals surface area contributed by atoms with Crippen LogP contribution < -0.4 is 4.90 Å². The molecule has 1 aromatic carbocycles. The smallest absolute Gasteiger partial charge is 0.0986 e. The second-order valence-corrected chi connectivity index (χ2v) is 4.67. The van der Waals surface area contributed by atoms with Crippen LogP contribution in [0.25, 0.3) is 0 Å². The van der Waals surface area contributed by atoms with Gasteiger partial charge >= 0.3 is 0 Å². The molecule has 1 aliphatic carbocycles. The van der Waals surface area contributed by atoms with E-state index in [1.165, 1.54) is 37.8 Å². The SMILES string of the molecule is O=NCCN(c1ccccc1)C1CCCCC1. The number of hydrogen-bond acceptors (Lipinski definition) is 3. The summed E-state index contributed by atoms with van der Waals surface area (Å²) >= 11 is 0. The molecule has 0 atom stereocenters. The van der Waals surface area contributed by atoms with Crippen molar-refractivity contribution in [1.82, 2.24) is 0 Å². The van der Waals surface area contributed by atoms with Crippen molar-refractivity contribution in [3.8, 4) is 0 Å². The van der Waals surface area contributed by atoms with Crippen molar-refractivity contribution in [3.05, 3.63) is 35.2 Å². The van der Waals surface area contributed by atoms with E-state index >= 15 is 0 Å². The molecule has 0 aliphatic heterocycles. The average Bonchev–Trinajstić information content (AvgIpc) is 2.42. The fraction of sp³-hybridized carbons (Fsp3) is 0.571. The molecule has 1 saturated carbocycles. The molecule has 0 amide bonds. The maximum atomic E-state index is 10.3. The van der Waals surface area contributed by atoms with Gasteiger partial charge in [0.1, 0.15) is 0 Å². The third-order valence-electron chi connectivity index (χ3n) is 3.54. The van der Waals surface area contributed by atoms with Crippen LogP contribution >= 0.6 is 0 Å². The quantitative estimate of drug-likeness (QED) is 0.727. The highest BCUT2D eigenvalue weighted by atomic mass is 16.3. The first kappa shape index (κ1) is 12.1. The van der Waals surface area contributed by atoms with Crippen LogP contribution in [0, 0.1) is 4.91 Å². The molecule has 2 rings (SSSR count). The second kappa shape index (κ2) is 6.38. The van der Waals surface area contributed by atoms with Gasteiger partial charge in [-0.15, -0.1) is 0 Å². The molecule has 3 heteroatoms. The molecular formula is C14H20N2O. The summed E-state index contributed by atoms with van der Waals surface area (Å²) in [5, 5.41) is 3.00. The van der Waals surface area contributed by atoms with Crippen LogP contribution in [0.1, 0.15) is 32.1 Å². The second-order valence-electron chi connectivity index (χ2n) is 4.67. The molecule has 3 nitrogen and oxygen atoms in total. The Balaban J connectivity index is 2.09. The Morgan fingerprint density at radius 3 is 2.47 bits per heavy atom. The number of anilines is 1. The lowest BCUT2D eigenvalue weighted by atomic mass is 9.94. The first-order chi connectivity index (χ1) is 8.42. The monoisotopic (exact) mass is 232 g/mol. The molecule has 0 saturated heterocycles. The number of benzene rings is 1. The van der Waals surface area contributed by atoms with Gasteiger partial charge in [-0.05, 0) is 25.0 Å². The van der Waals surface area contributed by atoms with Crippen molar-refractivity contribution < 1.29 is 0 Å². The molecule has 1 aliphatic rings. The Morgan fingerprint density at radius 2 is 1.82 bits per heavy atom. The van der Waals surface area contributed by atoms with E-state index in [1.54, 1.807) is 0 Å². The zero-order valence-electron chi connectivity index (χ0n) is 10.2. The Hall–Kier alpha value is -1.38. The summed E-state index contributed by atoms with van der Waals surface area (Å²) in [7, 11) is 0. The summed E-state index contributed by atoms with van der Waals surface area (Å²) < 4.78 is 0. The van der Waals surface area contributed by atoms with Gasteiger partial charge in [-0.3, -0.25) is 0 Å². The van der Waals surface area contributed by atoms with E-state index in [0.29, 0.717) is 12.6 Å². The van der Waals surface area contributed by atoms with Crippen LogP contribution in [0.5, 0.6) is 0 Å². The maximum Gasteiger partial charge on any atom is 0.0986 e.